The van der Waals surface area contributed by atoms with E-state index >= 15 is 0 Å². The molecule has 0 radical (unpaired) electrons. The van der Waals surface area contributed by atoms with Crippen LogP contribution < -0.4 is 15.4 Å². The molecule has 2 unspecified atom stereocenters. The SMILES string of the molecule is COc1ccc2[nH]c(C)c(CC(=O)N[C@@H](CCCCCC(C)=O)C(=O)NCC(c3ccccn3)C34O[C@H]5[C@@H](O)C=C[C@H]6[C@H]7CC(=C3[C@]65CCN7C)CC=C4O)c2c1. The smallest absolute Gasteiger partial charge is 0.242 e. The fourth-order valence-electron chi connectivity index (χ4n) is 10.9. The minimum atomic E-state index is -1.36. The fourth-order valence-corrected chi connectivity index (χ4v) is 10.9. The summed E-state index contributed by atoms with van der Waals surface area (Å²) in [6.45, 7) is 4.40. The number of unbranched alkanes of at least 4 members (excludes halogenated alkanes) is 2. The number of aromatic nitrogens is 2. The molecule has 12 heteroatoms. The van der Waals surface area contributed by atoms with Crippen LogP contribution in [-0.2, 0) is 25.5 Å². The molecule has 3 aromatic rings. The number of hydrogen-bond acceptors (Lipinski definition) is 9. The largest absolute Gasteiger partial charge is 0.509 e. The van der Waals surface area contributed by atoms with Gasteiger partial charge in [-0.25, -0.2) is 0 Å². The zero-order valence-electron chi connectivity index (χ0n) is 33.3. The van der Waals surface area contributed by atoms with Crippen LogP contribution in [0.3, 0.4) is 0 Å². The maximum atomic E-state index is 14.4. The molecule has 2 aromatic heterocycles. The summed E-state index contributed by atoms with van der Waals surface area (Å²) in [6.07, 6.45) is 11.3. The standard InChI is InChI=1S/C45H55N5O7/c1-26(51)10-6-5-7-12-36(49-40(54)24-30-27(2)48-34-16-14-29(56-4)23-31(30)34)43(55)47-25-33(35-11-8-9-20-46-35)45-39(53)18-13-28-22-37-32-15-17-38(52)42(57-45)44(32,41(28)45)19-21-50(37)3/h8-9,11,14-18,20,23,32-33,36-38,42,48,52-53H,5-7,10,12-13,19,21-22,24-25H2,1-4H3,(H,47,55)(H,49,54)/t32-,33?,36-,37+,38-,42-,44-,45?/m0/s1. The number of hydrogen-bond donors (Lipinski definition) is 5. The van der Waals surface area contributed by atoms with Crippen LogP contribution in [0.1, 0.15) is 81.2 Å². The number of carbonyl (C=O) groups is 3. The third kappa shape index (κ3) is 6.69. The number of pyridine rings is 1. The fraction of sp³-hybridized carbons (Fsp3) is 0.511. The summed E-state index contributed by atoms with van der Waals surface area (Å²) in [6, 6.07) is 10.7. The highest BCUT2D eigenvalue weighted by molar-refractivity contribution is 5.93. The first-order chi connectivity index (χ1) is 27.5. The van der Waals surface area contributed by atoms with Gasteiger partial charge in [0.15, 0.2) is 5.60 Å². The van der Waals surface area contributed by atoms with Gasteiger partial charge in [-0.2, -0.15) is 0 Å². The number of H-pyrrole nitrogens is 1. The average Bonchev–Trinajstić information content (AvgIpc) is 3.69. The number of fused-ring (bicyclic) bond motifs is 1. The number of carbonyl (C=O) groups excluding carboxylic acids is 3. The number of methoxy groups -OCH3 is 1. The molecule has 1 spiro atoms. The van der Waals surface area contributed by atoms with E-state index in [9.17, 15) is 24.6 Å². The number of ether oxygens (including phenoxy) is 2. The van der Waals surface area contributed by atoms with Gasteiger partial charge in [0.25, 0.3) is 0 Å². The van der Waals surface area contributed by atoms with Gasteiger partial charge in [0.1, 0.15) is 23.3 Å². The van der Waals surface area contributed by atoms with Crippen molar-refractivity contribution in [2.45, 2.75) is 107 Å². The number of nitrogens with one attached hydrogen (secondary N) is 3. The highest BCUT2D eigenvalue weighted by atomic mass is 16.5. The van der Waals surface area contributed by atoms with Crippen molar-refractivity contribution in [1.29, 1.82) is 0 Å². The van der Waals surface area contributed by atoms with Crippen molar-refractivity contribution >= 4 is 28.5 Å². The van der Waals surface area contributed by atoms with E-state index in [1.54, 1.807) is 20.2 Å². The highest BCUT2D eigenvalue weighted by Crippen LogP contribution is 2.69. The summed E-state index contributed by atoms with van der Waals surface area (Å²) in [7, 11) is 3.77. The number of benzene rings is 1. The number of aryl methyl sites for hydroxylation is 1. The molecule has 2 bridgehead atoms. The highest BCUT2D eigenvalue weighted by Gasteiger charge is 2.73. The molecular formula is C45H55N5O7. The van der Waals surface area contributed by atoms with E-state index in [-0.39, 0.29) is 48.3 Å². The number of allylic oxidation sites excluding steroid dienone is 1. The molecule has 8 rings (SSSR count). The summed E-state index contributed by atoms with van der Waals surface area (Å²) < 4.78 is 12.6. The van der Waals surface area contributed by atoms with Gasteiger partial charge in [-0.3, -0.25) is 14.6 Å². The first-order valence-electron chi connectivity index (χ1n) is 20.5. The van der Waals surface area contributed by atoms with Crippen LogP contribution in [-0.4, -0.2) is 99.8 Å². The topological polar surface area (TPSA) is 166 Å². The van der Waals surface area contributed by atoms with E-state index in [1.165, 1.54) is 5.57 Å². The van der Waals surface area contributed by atoms with Gasteiger partial charge in [0.05, 0.1) is 31.7 Å². The summed E-state index contributed by atoms with van der Waals surface area (Å²) in [5.74, 6) is -0.303. The van der Waals surface area contributed by atoms with Gasteiger partial charge >= 0.3 is 0 Å². The molecule has 5 aliphatic rings. The van der Waals surface area contributed by atoms with Crippen molar-refractivity contribution in [3.8, 4) is 5.75 Å². The van der Waals surface area contributed by atoms with E-state index in [0.29, 0.717) is 43.5 Å². The number of Topliss-reactive ketones (excluding diaryl/α,β-unsaturated/α-hetero) is 1. The van der Waals surface area contributed by atoms with Crippen LogP contribution >= 0.6 is 0 Å². The van der Waals surface area contributed by atoms with Crippen molar-refractivity contribution in [2.24, 2.45) is 11.3 Å². The second-order valence-corrected chi connectivity index (χ2v) is 16.8. The first kappa shape index (κ1) is 39.1. The average molecular weight is 778 g/mol. The normalized spacial score (nSPS) is 28.4. The molecule has 2 fully saturated rings. The molecular weight excluding hydrogens is 723 g/mol. The van der Waals surface area contributed by atoms with Gasteiger partial charge in [-0.1, -0.05) is 36.6 Å². The van der Waals surface area contributed by atoms with Crippen LogP contribution in [0.25, 0.3) is 10.9 Å². The maximum Gasteiger partial charge on any atom is 0.242 e. The third-order valence-electron chi connectivity index (χ3n) is 13.5. The molecule has 8 atom stereocenters. The van der Waals surface area contributed by atoms with Crippen LogP contribution in [0.15, 0.2) is 77.7 Å². The Labute approximate surface area is 333 Å². The van der Waals surface area contributed by atoms with Gasteiger partial charge in [-0.05, 0) is 107 Å². The summed E-state index contributed by atoms with van der Waals surface area (Å²) in [5, 5.41) is 30.9. The molecule has 5 N–H and O–H groups in total. The molecule has 302 valence electrons. The maximum absolute atomic E-state index is 14.4. The zero-order chi connectivity index (χ0) is 40.1. The quantitative estimate of drug-likeness (QED) is 0.102. The van der Waals surface area contributed by atoms with Crippen molar-refractivity contribution in [3.05, 3.63) is 94.7 Å². The second kappa shape index (κ2) is 15.5. The monoisotopic (exact) mass is 777 g/mol. The molecule has 12 nitrogen and oxygen atoms in total. The van der Waals surface area contributed by atoms with E-state index in [2.05, 4.69) is 33.6 Å². The minimum absolute atomic E-state index is 0.0584. The minimum Gasteiger partial charge on any atom is -0.509 e. The van der Waals surface area contributed by atoms with Crippen molar-refractivity contribution in [2.75, 3.05) is 27.2 Å². The van der Waals surface area contributed by atoms with Crippen molar-refractivity contribution < 1.29 is 34.1 Å². The zero-order valence-corrected chi connectivity index (χ0v) is 33.3. The lowest BCUT2D eigenvalue weighted by Crippen LogP contribution is -2.62. The van der Waals surface area contributed by atoms with E-state index in [1.807, 2.05) is 55.5 Å². The second-order valence-electron chi connectivity index (χ2n) is 16.8. The molecule has 2 amide bonds. The summed E-state index contributed by atoms with van der Waals surface area (Å²) in [4.78, 5) is 50.5. The number of ketones is 1. The number of aliphatic hydroxyl groups is 2. The first-order valence-corrected chi connectivity index (χ1v) is 20.5. The lowest BCUT2D eigenvalue weighted by molar-refractivity contribution is -0.131. The molecule has 3 aliphatic carbocycles. The lowest BCUT2D eigenvalue weighted by Gasteiger charge is -2.58. The van der Waals surface area contributed by atoms with E-state index in [0.717, 1.165) is 53.5 Å². The Balaban J connectivity index is 1.09. The van der Waals surface area contributed by atoms with E-state index < -0.39 is 35.2 Å². The van der Waals surface area contributed by atoms with Crippen LogP contribution in [0.4, 0.5) is 0 Å². The molecule has 0 saturated carbocycles. The van der Waals surface area contributed by atoms with E-state index in [4.69, 9.17) is 14.5 Å². The number of aliphatic hydroxyl groups excluding tert-OH is 2. The van der Waals surface area contributed by atoms with Crippen LogP contribution in [0.2, 0.25) is 0 Å². The Morgan fingerprint density at radius 3 is 2.77 bits per heavy atom. The van der Waals surface area contributed by atoms with Crippen LogP contribution in [0.5, 0.6) is 5.75 Å². The molecule has 57 heavy (non-hydrogen) atoms. The van der Waals surface area contributed by atoms with Gasteiger partial charge < -0.3 is 45.0 Å². The summed E-state index contributed by atoms with van der Waals surface area (Å²) in [5.41, 5.74) is 3.63. The third-order valence-corrected chi connectivity index (χ3v) is 13.5. The lowest BCUT2D eigenvalue weighted by atomic mass is 9.49. The Hall–Kier alpha value is -4.78. The number of amides is 2. The number of nitrogens with zero attached hydrogens (tertiary/aromatic N) is 2. The predicted molar refractivity (Wildman–Crippen MR) is 216 cm³/mol. The Kier molecular flexibility index (Phi) is 10.6. The van der Waals surface area contributed by atoms with Gasteiger partial charge in [0, 0.05) is 58.8 Å². The number of likely N-dealkylation sites (tertiary alicyclic amines) is 1. The van der Waals surface area contributed by atoms with Crippen molar-refractivity contribution in [3.63, 3.8) is 0 Å². The number of rotatable bonds is 15. The van der Waals surface area contributed by atoms with Gasteiger partial charge in [-0.15, -0.1) is 0 Å². The number of piperidine rings is 1. The molecule has 4 heterocycles. The molecule has 1 aromatic carbocycles. The Morgan fingerprint density at radius 1 is 1.16 bits per heavy atom. The molecule has 2 aliphatic heterocycles. The summed E-state index contributed by atoms with van der Waals surface area (Å²) >= 11 is 0. The Morgan fingerprint density at radius 2 is 2.00 bits per heavy atom. The van der Waals surface area contributed by atoms with Gasteiger partial charge in [0.2, 0.25) is 11.8 Å². The number of aromatic amines is 1. The van der Waals surface area contributed by atoms with Crippen molar-refractivity contribution in [1.82, 2.24) is 25.5 Å². The molecule has 2 saturated heterocycles. The predicted octanol–water partition coefficient (Wildman–Crippen LogP) is 5.27. The Bertz CT molecular complexity index is 2140. The van der Waals surface area contributed by atoms with Crippen LogP contribution in [0, 0.1) is 18.3 Å².